The zero-order valence-electron chi connectivity index (χ0n) is 10.1. The molecule has 5 nitrogen and oxygen atoms in total. The molecule has 3 rings (SSSR count). The number of aromatic nitrogens is 2. The van der Waals surface area contributed by atoms with Gasteiger partial charge in [0, 0.05) is 17.6 Å². The fourth-order valence-electron chi connectivity index (χ4n) is 1.96. The lowest BCUT2D eigenvalue weighted by Gasteiger charge is -2.20. The third-order valence-corrected chi connectivity index (χ3v) is 3.52. The largest absolute Gasteiger partial charge is 0.486 e. The van der Waals surface area contributed by atoms with Crippen molar-refractivity contribution in [2.24, 2.45) is 7.05 Å². The summed E-state index contributed by atoms with van der Waals surface area (Å²) in [4.78, 5) is 0. The Morgan fingerprint density at radius 1 is 1.37 bits per heavy atom. The van der Waals surface area contributed by atoms with Crippen molar-refractivity contribution in [3.05, 3.63) is 22.4 Å². The van der Waals surface area contributed by atoms with E-state index in [-0.39, 0.29) is 5.75 Å². The second-order valence-corrected chi connectivity index (χ2v) is 5.00. The predicted octanol–water partition coefficient (Wildman–Crippen LogP) is 2.34. The molecule has 7 heteroatoms. The highest BCUT2D eigenvalue weighted by molar-refractivity contribution is 9.10. The van der Waals surface area contributed by atoms with Crippen LogP contribution >= 0.6 is 15.9 Å². The number of hydrogen-bond donors (Lipinski definition) is 1. The number of rotatable bonds is 1. The monoisotopic (exact) mass is 327 g/mol. The van der Waals surface area contributed by atoms with E-state index >= 15 is 0 Å². The molecule has 0 radical (unpaired) electrons. The molecule has 2 heterocycles. The van der Waals surface area contributed by atoms with Gasteiger partial charge in [0.25, 0.3) is 0 Å². The summed E-state index contributed by atoms with van der Waals surface area (Å²) < 4.78 is 27.2. The maximum atomic E-state index is 14.5. The Hall–Kier alpha value is -1.76. The highest BCUT2D eigenvalue weighted by Crippen LogP contribution is 2.43. The molecule has 1 aliphatic heterocycles. The minimum atomic E-state index is -0.498. The number of anilines is 1. The van der Waals surface area contributed by atoms with Crippen molar-refractivity contribution in [1.82, 2.24) is 9.78 Å². The van der Waals surface area contributed by atoms with Crippen LogP contribution in [0, 0.1) is 5.82 Å². The van der Waals surface area contributed by atoms with Gasteiger partial charge in [-0.05, 0) is 22.0 Å². The second-order valence-electron chi connectivity index (χ2n) is 4.15. The van der Waals surface area contributed by atoms with Gasteiger partial charge in [0.15, 0.2) is 17.3 Å². The molecule has 2 N–H and O–H groups in total. The van der Waals surface area contributed by atoms with Gasteiger partial charge >= 0.3 is 0 Å². The SMILES string of the molecule is Cn1nc(-c2c(Br)cc3c(c2F)OCCO3)cc1N. The van der Waals surface area contributed by atoms with Crippen LogP contribution in [0.4, 0.5) is 10.2 Å². The first kappa shape index (κ1) is 12.3. The van der Waals surface area contributed by atoms with Gasteiger partial charge in [0.1, 0.15) is 19.0 Å². The Morgan fingerprint density at radius 2 is 2.11 bits per heavy atom. The molecule has 1 aromatic carbocycles. The van der Waals surface area contributed by atoms with E-state index in [0.29, 0.717) is 40.5 Å². The van der Waals surface area contributed by atoms with E-state index in [1.54, 1.807) is 19.2 Å². The van der Waals surface area contributed by atoms with Crippen LogP contribution in [-0.2, 0) is 7.05 Å². The number of nitrogens with zero attached hydrogens (tertiary/aromatic N) is 2. The molecule has 0 spiro atoms. The third kappa shape index (κ3) is 1.94. The topological polar surface area (TPSA) is 62.3 Å². The van der Waals surface area contributed by atoms with E-state index in [1.165, 1.54) is 4.68 Å². The van der Waals surface area contributed by atoms with Crippen molar-refractivity contribution in [2.75, 3.05) is 18.9 Å². The Balaban J connectivity index is 2.21. The first-order chi connectivity index (χ1) is 9.08. The van der Waals surface area contributed by atoms with Gasteiger partial charge in [-0.3, -0.25) is 4.68 Å². The minimum absolute atomic E-state index is 0.119. The van der Waals surface area contributed by atoms with Crippen LogP contribution in [0.2, 0.25) is 0 Å². The average molecular weight is 328 g/mol. The maximum Gasteiger partial charge on any atom is 0.198 e. The van der Waals surface area contributed by atoms with Crippen molar-refractivity contribution in [2.45, 2.75) is 0 Å². The molecule has 0 aliphatic carbocycles. The van der Waals surface area contributed by atoms with E-state index in [0.717, 1.165) is 0 Å². The highest BCUT2D eigenvalue weighted by atomic mass is 79.9. The lowest BCUT2D eigenvalue weighted by molar-refractivity contribution is 0.164. The highest BCUT2D eigenvalue weighted by Gasteiger charge is 2.24. The molecule has 1 aromatic heterocycles. The fourth-order valence-corrected chi connectivity index (χ4v) is 2.54. The number of aryl methyl sites for hydroxylation is 1. The zero-order chi connectivity index (χ0) is 13.6. The molecule has 0 unspecified atom stereocenters. The van der Waals surface area contributed by atoms with Gasteiger partial charge in [-0.25, -0.2) is 4.39 Å². The Morgan fingerprint density at radius 3 is 2.79 bits per heavy atom. The molecule has 0 fully saturated rings. The van der Waals surface area contributed by atoms with E-state index in [2.05, 4.69) is 21.0 Å². The molecular formula is C12H11BrFN3O2. The van der Waals surface area contributed by atoms with E-state index in [9.17, 15) is 4.39 Å². The molecule has 0 atom stereocenters. The summed E-state index contributed by atoms with van der Waals surface area (Å²) in [6.45, 7) is 0.740. The normalized spacial score (nSPS) is 13.6. The second kappa shape index (κ2) is 4.41. The molecule has 19 heavy (non-hydrogen) atoms. The Labute approximate surface area is 117 Å². The quantitative estimate of drug-likeness (QED) is 0.873. The number of fused-ring (bicyclic) bond motifs is 1. The number of nitrogens with two attached hydrogens (primary N) is 1. The Bertz CT molecular complexity index is 637. The van der Waals surface area contributed by atoms with Crippen molar-refractivity contribution < 1.29 is 13.9 Å². The molecule has 2 aromatic rings. The molecule has 0 bridgehead atoms. The summed E-state index contributed by atoms with van der Waals surface area (Å²) in [6, 6.07) is 3.29. The third-order valence-electron chi connectivity index (χ3n) is 2.90. The maximum absolute atomic E-state index is 14.5. The van der Waals surface area contributed by atoms with E-state index in [1.807, 2.05) is 0 Å². The minimum Gasteiger partial charge on any atom is -0.486 e. The van der Waals surface area contributed by atoms with Crippen LogP contribution in [-0.4, -0.2) is 23.0 Å². The molecule has 0 amide bonds. The number of halogens is 2. The smallest absolute Gasteiger partial charge is 0.198 e. The van der Waals surface area contributed by atoms with E-state index < -0.39 is 5.82 Å². The van der Waals surface area contributed by atoms with Crippen LogP contribution < -0.4 is 15.2 Å². The van der Waals surface area contributed by atoms with Gasteiger partial charge in [-0.15, -0.1) is 0 Å². The van der Waals surface area contributed by atoms with Crippen LogP contribution in [0.5, 0.6) is 11.5 Å². The summed E-state index contributed by atoms with van der Waals surface area (Å²) >= 11 is 3.33. The van der Waals surface area contributed by atoms with Crippen LogP contribution in [0.25, 0.3) is 11.3 Å². The predicted molar refractivity (Wildman–Crippen MR) is 71.7 cm³/mol. The van der Waals surface area contributed by atoms with Gasteiger partial charge in [0.2, 0.25) is 0 Å². The number of hydrogen-bond acceptors (Lipinski definition) is 4. The van der Waals surface area contributed by atoms with Crippen LogP contribution in [0.1, 0.15) is 0 Å². The molecule has 0 saturated carbocycles. The van der Waals surface area contributed by atoms with E-state index in [4.69, 9.17) is 15.2 Å². The summed E-state index contributed by atoms with van der Waals surface area (Å²) in [5.74, 6) is 0.468. The zero-order valence-corrected chi connectivity index (χ0v) is 11.7. The summed E-state index contributed by atoms with van der Waals surface area (Å²) in [7, 11) is 1.70. The molecular weight excluding hydrogens is 317 g/mol. The van der Waals surface area contributed by atoms with Crippen molar-refractivity contribution in [1.29, 1.82) is 0 Å². The van der Waals surface area contributed by atoms with Gasteiger partial charge in [-0.2, -0.15) is 5.10 Å². The van der Waals surface area contributed by atoms with Crippen molar-refractivity contribution >= 4 is 21.7 Å². The van der Waals surface area contributed by atoms with Crippen molar-refractivity contribution in [3.63, 3.8) is 0 Å². The lowest BCUT2D eigenvalue weighted by Crippen LogP contribution is -2.16. The van der Waals surface area contributed by atoms with Crippen LogP contribution in [0.15, 0.2) is 16.6 Å². The number of benzene rings is 1. The van der Waals surface area contributed by atoms with Gasteiger partial charge in [0.05, 0.1) is 11.3 Å². The van der Waals surface area contributed by atoms with Gasteiger partial charge < -0.3 is 15.2 Å². The summed E-state index contributed by atoms with van der Waals surface area (Å²) in [5, 5.41) is 4.18. The Kier molecular flexibility index (Phi) is 2.85. The molecule has 0 saturated heterocycles. The van der Waals surface area contributed by atoms with Gasteiger partial charge in [-0.1, -0.05) is 0 Å². The lowest BCUT2D eigenvalue weighted by atomic mass is 10.1. The standard InChI is InChI=1S/C12H11BrFN3O2/c1-17-9(15)5-7(16-17)10-6(13)4-8-12(11(10)14)19-3-2-18-8/h4-5H,2-3,15H2,1H3. The first-order valence-electron chi connectivity index (χ1n) is 5.65. The summed E-state index contributed by atoms with van der Waals surface area (Å²) in [5.41, 5.74) is 6.48. The van der Waals surface area contributed by atoms with Crippen LogP contribution in [0.3, 0.4) is 0 Å². The molecule has 100 valence electrons. The van der Waals surface area contributed by atoms with Crippen molar-refractivity contribution in [3.8, 4) is 22.8 Å². The number of nitrogen functional groups attached to an aromatic ring is 1. The molecule has 1 aliphatic rings. The fraction of sp³-hybridized carbons (Fsp3) is 0.250. The number of ether oxygens (including phenoxy) is 2. The average Bonchev–Trinajstić information content (AvgIpc) is 2.69. The summed E-state index contributed by atoms with van der Waals surface area (Å²) in [6.07, 6.45) is 0. The first-order valence-corrected chi connectivity index (χ1v) is 6.44.